The predicted molar refractivity (Wildman–Crippen MR) is 144 cm³/mol. The zero-order chi connectivity index (χ0) is 26.2. The van der Waals surface area contributed by atoms with Gasteiger partial charge in [-0.15, -0.1) is 0 Å². The highest BCUT2D eigenvalue weighted by molar-refractivity contribution is 5.94. The van der Waals surface area contributed by atoms with Crippen molar-refractivity contribution >= 4 is 23.3 Å². The number of fused-ring (bicyclic) bond motifs is 5. The van der Waals surface area contributed by atoms with Crippen molar-refractivity contribution in [3.05, 3.63) is 59.3 Å². The van der Waals surface area contributed by atoms with Crippen LogP contribution in [0.3, 0.4) is 0 Å². The van der Waals surface area contributed by atoms with E-state index in [1.165, 1.54) is 28.6 Å². The van der Waals surface area contributed by atoms with Crippen LogP contribution in [0.2, 0.25) is 0 Å². The summed E-state index contributed by atoms with van der Waals surface area (Å²) in [5.74, 6) is 2.36. The molecule has 2 saturated carbocycles. The standard InChI is InChI=1S/C30H38N4O3/c1-30-16-15-23-22-9-5-4-7-19(22)11-13-24(23)28(30)20(17-25(30)33-37)8-6-10-27(35)32-26-14-12-21(18-31-26)29(36)34(2)3/h4-5,7,9,12,14,18,20,23-24,28,37H,6,8,10-11,13,15-17H2,1-3H3,(H,31,32,35)/b33-25+/t20-,23?,24?,28?,30-/m1/s1. The van der Waals surface area contributed by atoms with Gasteiger partial charge in [0.15, 0.2) is 0 Å². The van der Waals surface area contributed by atoms with E-state index < -0.39 is 0 Å². The van der Waals surface area contributed by atoms with E-state index in [4.69, 9.17) is 0 Å². The first-order valence-electron chi connectivity index (χ1n) is 13.6. The maximum Gasteiger partial charge on any atom is 0.254 e. The van der Waals surface area contributed by atoms with E-state index in [-0.39, 0.29) is 17.2 Å². The lowest BCUT2D eigenvalue weighted by Crippen LogP contribution is -2.44. The van der Waals surface area contributed by atoms with E-state index >= 15 is 0 Å². The number of aryl methyl sites for hydroxylation is 1. The number of hydrogen-bond donors (Lipinski definition) is 2. The van der Waals surface area contributed by atoms with E-state index in [0.29, 0.717) is 41.5 Å². The lowest BCUT2D eigenvalue weighted by molar-refractivity contribution is -0.116. The molecule has 0 radical (unpaired) electrons. The van der Waals surface area contributed by atoms with Crippen LogP contribution in [-0.2, 0) is 11.2 Å². The zero-order valence-corrected chi connectivity index (χ0v) is 22.1. The molecule has 7 heteroatoms. The Kier molecular flexibility index (Phi) is 7.06. The van der Waals surface area contributed by atoms with Gasteiger partial charge in [-0.2, -0.15) is 0 Å². The maximum absolute atomic E-state index is 12.7. The average Bonchev–Trinajstić information content (AvgIpc) is 3.20. The quantitative estimate of drug-likeness (QED) is 0.403. The van der Waals surface area contributed by atoms with Crippen LogP contribution in [0.25, 0.3) is 0 Å². The SMILES string of the molecule is CN(C)C(=O)c1ccc(NC(=O)CCC[C@@H]2C/C(=N\O)[C@@]3(C)CCC4c5ccccc5CCC4C23)nc1. The number of pyridine rings is 1. The van der Waals surface area contributed by atoms with Gasteiger partial charge in [0, 0.05) is 32.1 Å². The molecule has 0 spiro atoms. The van der Waals surface area contributed by atoms with Gasteiger partial charge in [0.1, 0.15) is 5.82 Å². The first kappa shape index (κ1) is 25.4. The number of rotatable bonds is 6. The lowest BCUT2D eigenvalue weighted by atomic mass is 9.54. The summed E-state index contributed by atoms with van der Waals surface area (Å²) in [6.07, 6.45) is 8.99. The van der Waals surface area contributed by atoms with Crippen molar-refractivity contribution in [2.45, 2.75) is 64.2 Å². The number of carbonyl (C=O) groups excluding carboxylic acids is 2. The van der Waals surface area contributed by atoms with Crippen molar-refractivity contribution in [3.63, 3.8) is 0 Å². The van der Waals surface area contributed by atoms with Crippen molar-refractivity contribution in [2.75, 3.05) is 19.4 Å². The molecule has 2 N–H and O–H groups in total. The molecule has 5 rings (SSSR count). The van der Waals surface area contributed by atoms with Crippen LogP contribution >= 0.6 is 0 Å². The van der Waals surface area contributed by atoms with Crippen molar-refractivity contribution in [1.82, 2.24) is 9.88 Å². The summed E-state index contributed by atoms with van der Waals surface area (Å²) in [5.41, 5.74) is 4.43. The highest BCUT2D eigenvalue weighted by Crippen LogP contribution is 2.62. The molecule has 3 aliphatic rings. The zero-order valence-electron chi connectivity index (χ0n) is 22.1. The second kappa shape index (κ2) is 10.3. The van der Waals surface area contributed by atoms with Crippen LogP contribution in [0, 0.1) is 23.2 Å². The van der Waals surface area contributed by atoms with E-state index in [2.05, 4.69) is 46.6 Å². The van der Waals surface area contributed by atoms with Gasteiger partial charge in [0.25, 0.3) is 5.91 Å². The maximum atomic E-state index is 12.7. The second-order valence-corrected chi connectivity index (χ2v) is 11.6. The summed E-state index contributed by atoms with van der Waals surface area (Å²) in [4.78, 5) is 30.4. The van der Waals surface area contributed by atoms with E-state index in [0.717, 1.165) is 44.2 Å². The Labute approximate surface area is 219 Å². The minimum Gasteiger partial charge on any atom is -0.411 e. The number of nitrogens with zero attached hydrogens (tertiary/aromatic N) is 3. The van der Waals surface area contributed by atoms with Crippen molar-refractivity contribution in [3.8, 4) is 0 Å². The number of anilines is 1. The molecule has 1 heterocycles. The Balaban J connectivity index is 1.22. The molecular formula is C30H38N4O3. The minimum absolute atomic E-state index is 0.0508. The molecule has 3 unspecified atom stereocenters. The molecular weight excluding hydrogens is 464 g/mol. The van der Waals surface area contributed by atoms with E-state index in [9.17, 15) is 14.8 Å². The third-order valence-electron chi connectivity index (χ3n) is 9.30. The Morgan fingerprint density at radius 2 is 2.00 bits per heavy atom. The van der Waals surface area contributed by atoms with Crippen molar-refractivity contribution in [1.29, 1.82) is 0 Å². The molecule has 1 aromatic carbocycles. The minimum atomic E-state index is -0.119. The molecule has 5 atom stereocenters. The number of carbonyl (C=O) groups is 2. The molecule has 2 amide bonds. The fraction of sp³-hybridized carbons (Fsp3) is 0.533. The summed E-state index contributed by atoms with van der Waals surface area (Å²) < 4.78 is 0. The molecule has 3 aliphatic carbocycles. The summed E-state index contributed by atoms with van der Waals surface area (Å²) in [7, 11) is 3.39. The number of oxime groups is 1. The van der Waals surface area contributed by atoms with Gasteiger partial charge in [-0.1, -0.05) is 36.3 Å². The average molecular weight is 503 g/mol. The smallest absolute Gasteiger partial charge is 0.254 e. The van der Waals surface area contributed by atoms with Gasteiger partial charge >= 0.3 is 0 Å². The van der Waals surface area contributed by atoms with E-state index in [1.54, 1.807) is 26.2 Å². The van der Waals surface area contributed by atoms with Crippen LogP contribution in [0.4, 0.5) is 5.82 Å². The van der Waals surface area contributed by atoms with E-state index in [1.807, 2.05) is 0 Å². The Bertz CT molecular complexity index is 1190. The summed E-state index contributed by atoms with van der Waals surface area (Å²) in [6.45, 7) is 2.31. The van der Waals surface area contributed by atoms with Gasteiger partial charge < -0.3 is 15.4 Å². The molecule has 37 heavy (non-hydrogen) atoms. The first-order valence-corrected chi connectivity index (χ1v) is 13.6. The van der Waals surface area contributed by atoms with Crippen LogP contribution in [0.5, 0.6) is 0 Å². The third kappa shape index (κ3) is 4.76. The summed E-state index contributed by atoms with van der Waals surface area (Å²) in [6, 6.07) is 12.3. The Morgan fingerprint density at radius 1 is 1.19 bits per heavy atom. The number of aromatic nitrogens is 1. The normalized spacial score (nSPS) is 29.2. The molecule has 7 nitrogen and oxygen atoms in total. The molecule has 2 fully saturated rings. The van der Waals surface area contributed by atoms with Crippen LogP contribution in [0.15, 0.2) is 47.8 Å². The molecule has 0 bridgehead atoms. The number of hydrogen-bond acceptors (Lipinski definition) is 5. The van der Waals surface area contributed by atoms with Gasteiger partial charge in [-0.05, 0) is 91.9 Å². The first-order chi connectivity index (χ1) is 17.8. The van der Waals surface area contributed by atoms with Gasteiger partial charge in [0.2, 0.25) is 5.91 Å². The molecule has 0 saturated heterocycles. The fourth-order valence-electron chi connectivity index (χ4n) is 7.61. The highest BCUT2D eigenvalue weighted by atomic mass is 16.4. The van der Waals surface area contributed by atoms with Gasteiger partial charge in [0.05, 0.1) is 11.3 Å². The van der Waals surface area contributed by atoms with Crippen molar-refractivity contribution in [2.24, 2.45) is 28.3 Å². The third-order valence-corrected chi connectivity index (χ3v) is 9.30. The Morgan fingerprint density at radius 3 is 2.73 bits per heavy atom. The monoisotopic (exact) mass is 502 g/mol. The van der Waals surface area contributed by atoms with Gasteiger partial charge in [-0.3, -0.25) is 9.59 Å². The molecule has 196 valence electrons. The number of amides is 2. The second-order valence-electron chi connectivity index (χ2n) is 11.6. The molecule has 0 aliphatic heterocycles. The van der Waals surface area contributed by atoms with Crippen LogP contribution < -0.4 is 5.32 Å². The van der Waals surface area contributed by atoms with Gasteiger partial charge in [-0.25, -0.2) is 4.98 Å². The number of nitrogens with one attached hydrogen (secondary N) is 1. The summed E-state index contributed by atoms with van der Waals surface area (Å²) in [5, 5.41) is 16.6. The number of benzene rings is 1. The fourth-order valence-corrected chi connectivity index (χ4v) is 7.61. The largest absolute Gasteiger partial charge is 0.411 e. The van der Waals surface area contributed by atoms with Crippen LogP contribution in [0.1, 0.15) is 79.3 Å². The summed E-state index contributed by atoms with van der Waals surface area (Å²) >= 11 is 0. The molecule has 1 aromatic heterocycles. The predicted octanol–water partition coefficient (Wildman–Crippen LogP) is 5.50. The Hall–Kier alpha value is -3.22. The highest BCUT2D eigenvalue weighted by Gasteiger charge is 2.57. The van der Waals surface area contributed by atoms with Crippen molar-refractivity contribution < 1.29 is 14.8 Å². The van der Waals surface area contributed by atoms with Crippen LogP contribution in [-0.4, -0.2) is 46.7 Å². The lowest BCUT2D eigenvalue weighted by Gasteiger charge is -2.50. The topological polar surface area (TPSA) is 94.9 Å². The molecule has 2 aromatic rings.